The van der Waals surface area contributed by atoms with Crippen molar-refractivity contribution in [3.05, 3.63) is 65.4 Å². The number of furan rings is 1. The number of rotatable bonds is 5. The first-order valence-electron chi connectivity index (χ1n) is 9.32. The van der Waals surface area contributed by atoms with Gasteiger partial charge in [0.25, 0.3) is 5.91 Å². The van der Waals surface area contributed by atoms with Crippen molar-refractivity contribution in [3.63, 3.8) is 0 Å². The summed E-state index contributed by atoms with van der Waals surface area (Å²) in [5, 5.41) is 3.56. The summed E-state index contributed by atoms with van der Waals surface area (Å²) in [6.07, 6.45) is 0. The molecule has 0 aliphatic carbocycles. The minimum atomic E-state index is -0.332. The molecule has 1 aliphatic rings. The Morgan fingerprint density at radius 3 is 2.69 bits per heavy atom. The zero-order valence-electron chi connectivity index (χ0n) is 16.0. The lowest BCUT2D eigenvalue weighted by Crippen LogP contribution is -2.36. The maximum atomic E-state index is 12.8. The highest BCUT2D eigenvalue weighted by molar-refractivity contribution is 6.30. The number of nitrogens with zero attached hydrogens (tertiary/aromatic N) is 1. The molecule has 0 atom stereocenters. The van der Waals surface area contributed by atoms with Crippen LogP contribution in [0.25, 0.3) is 11.3 Å². The lowest BCUT2D eigenvalue weighted by Gasteiger charge is -2.30. The van der Waals surface area contributed by atoms with Gasteiger partial charge in [0.05, 0.1) is 31.7 Å². The van der Waals surface area contributed by atoms with E-state index in [9.17, 15) is 4.79 Å². The van der Waals surface area contributed by atoms with Crippen LogP contribution in [0.3, 0.4) is 0 Å². The number of carbonyl (C=O) groups excluding carboxylic acids is 1. The highest BCUT2D eigenvalue weighted by Crippen LogP contribution is 2.32. The Labute approximate surface area is 174 Å². The molecular weight excluding hydrogens is 392 g/mol. The predicted molar refractivity (Wildman–Crippen MR) is 113 cm³/mol. The number of morpholine rings is 1. The van der Waals surface area contributed by atoms with E-state index < -0.39 is 0 Å². The molecule has 0 unspecified atom stereocenters. The van der Waals surface area contributed by atoms with Crippen LogP contribution in [0.5, 0.6) is 5.75 Å². The van der Waals surface area contributed by atoms with Gasteiger partial charge in [0.2, 0.25) is 0 Å². The Morgan fingerprint density at radius 1 is 1.10 bits per heavy atom. The number of hydrogen-bond acceptors (Lipinski definition) is 5. The number of carbonyl (C=O) groups is 1. The number of ether oxygens (including phenoxy) is 2. The molecule has 4 rings (SSSR count). The van der Waals surface area contributed by atoms with Gasteiger partial charge in [-0.1, -0.05) is 23.7 Å². The molecule has 0 bridgehead atoms. The third-order valence-electron chi connectivity index (χ3n) is 4.74. The maximum absolute atomic E-state index is 12.8. The van der Waals surface area contributed by atoms with Crippen LogP contribution < -0.4 is 15.0 Å². The molecule has 0 saturated carbocycles. The maximum Gasteiger partial charge on any atom is 0.291 e. The lowest BCUT2D eigenvalue weighted by molar-refractivity contribution is 0.0997. The van der Waals surface area contributed by atoms with Gasteiger partial charge in [-0.3, -0.25) is 4.79 Å². The highest BCUT2D eigenvalue weighted by Gasteiger charge is 2.19. The molecule has 0 spiro atoms. The second kappa shape index (κ2) is 8.59. The van der Waals surface area contributed by atoms with Gasteiger partial charge in [0.15, 0.2) is 5.76 Å². The fraction of sp³-hybridized carbons (Fsp3) is 0.227. The second-order valence-corrected chi connectivity index (χ2v) is 7.05. The van der Waals surface area contributed by atoms with E-state index in [4.69, 9.17) is 25.5 Å². The number of hydrogen-bond donors (Lipinski definition) is 1. The van der Waals surface area contributed by atoms with E-state index in [-0.39, 0.29) is 11.7 Å². The minimum absolute atomic E-state index is 0.218. The summed E-state index contributed by atoms with van der Waals surface area (Å²) in [5.74, 6) is 1.13. The van der Waals surface area contributed by atoms with E-state index in [0.717, 1.165) is 24.3 Å². The normalized spacial score (nSPS) is 13.9. The smallest absolute Gasteiger partial charge is 0.291 e. The Bertz CT molecular complexity index is 1010. The predicted octanol–water partition coefficient (Wildman–Crippen LogP) is 4.70. The molecule has 7 heteroatoms. The monoisotopic (exact) mass is 412 g/mol. The fourth-order valence-electron chi connectivity index (χ4n) is 3.26. The van der Waals surface area contributed by atoms with Crippen LogP contribution in [0.2, 0.25) is 5.02 Å². The summed E-state index contributed by atoms with van der Waals surface area (Å²) in [4.78, 5) is 15.0. The molecule has 6 nitrogen and oxygen atoms in total. The molecular formula is C22H21ClN2O4. The first-order chi connectivity index (χ1) is 14.1. The van der Waals surface area contributed by atoms with E-state index >= 15 is 0 Å². The van der Waals surface area contributed by atoms with E-state index in [1.807, 2.05) is 30.3 Å². The Morgan fingerprint density at radius 2 is 1.93 bits per heavy atom. The van der Waals surface area contributed by atoms with Crippen LogP contribution in [-0.4, -0.2) is 39.3 Å². The average Bonchev–Trinajstić information content (AvgIpc) is 3.25. The second-order valence-electron chi connectivity index (χ2n) is 6.61. The molecule has 1 N–H and O–H groups in total. The van der Waals surface area contributed by atoms with Crippen molar-refractivity contribution in [2.75, 3.05) is 43.6 Å². The van der Waals surface area contributed by atoms with Gasteiger partial charge in [-0.2, -0.15) is 0 Å². The molecule has 29 heavy (non-hydrogen) atoms. The zero-order chi connectivity index (χ0) is 20.2. The van der Waals surface area contributed by atoms with Crippen molar-refractivity contribution in [2.45, 2.75) is 0 Å². The molecule has 0 radical (unpaired) electrons. The van der Waals surface area contributed by atoms with Gasteiger partial charge < -0.3 is 24.1 Å². The summed E-state index contributed by atoms with van der Waals surface area (Å²) in [7, 11) is 1.60. The van der Waals surface area contributed by atoms with Crippen molar-refractivity contribution in [2.24, 2.45) is 0 Å². The van der Waals surface area contributed by atoms with Crippen LogP contribution >= 0.6 is 11.6 Å². The van der Waals surface area contributed by atoms with Gasteiger partial charge in [-0.05, 0) is 36.4 Å². The molecule has 2 aromatic carbocycles. The average molecular weight is 413 g/mol. The molecule has 1 saturated heterocycles. The number of nitrogens with one attached hydrogen (secondary N) is 1. The van der Waals surface area contributed by atoms with Crippen LogP contribution in [0.15, 0.2) is 59.0 Å². The largest absolute Gasteiger partial charge is 0.497 e. The Hall–Kier alpha value is -2.96. The van der Waals surface area contributed by atoms with Crippen LogP contribution in [0.4, 0.5) is 11.4 Å². The number of amides is 1. The lowest BCUT2D eigenvalue weighted by atomic mass is 10.2. The van der Waals surface area contributed by atoms with E-state index in [1.165, 1.54) is 0 Å². The van der Waals surface area contributed by atoms with Gasteiger partial charge in [0, 0.05) is 29.7 Å². The van der Waals surface area contributed by atoms with Gasteiger partial charge in [-0.15, -0.1) is 0 Å². The molecule has 3 aromatic rings. The number of methoxy groups -OCH3 is 1. The van der Waals surface area contributed by atoms with Crippen LogP contribution in [0, 0.1) is 0 Å². The van der Waals surface area contributed by atoms with E-state index in [0.29, 0.717) is 35.4 Å². The quantitative estimate of drug-likeness (QED) is 0.658. The Kier molecular flexibility index (Phi) is 5.74. The SMILES string of the molecule is COc1ccc(N2CCOCC2)c(NC(=O)c2ccc(-c3cccc(Cl)c3)o2)c1. The molecule has 1 amide bonds. The highest BCUT2D eigenvalue weighted by atomic mass is 35.5. The van der Waals surface area contributed by atoms with E-state index in [2.05, 4.69) is 10.2 Å². The summed E-state index contributed by atoms with van der Waals surface area (Å²) in [5.41, 5.74) is 2.40. The van der Waals surface area contributed by atoms with Crippen molar-refractivity contribution >= 4 is 28.9 Å². The third-order valence-corrected chi connectivity index (χ3v) is 4.98. The molecule has 1 fully saturated rings. The van der Waals surface area contributed by atoms with Crippen molar-refractivity contribution in [3.8, 4) is 17.1 Å². The summed E-state index contributed by atoms with van der Waals surface area (Å²) in [6.45, 7) is 2.82. The van der Waals surface area contributed by atoms with Crippen molar-refractivity contribution < 1.29 is 18.7 Å². The van der Waals surface area contributed by atoms with Crippen molar-refractivity contribution in [1.29, 1.82) is 0 Å². The molecule has 2 heterocycles. The number of benzene rings is 2. The van der Waals surface area contributed by atoms with Gasteiger partial charge in [0.1, 0.15) is 11.5 Å². The van der Waals surface area contributed by atoms with Crippen LogP contribution in [-0.2, 0) is 4.74 Å². The zero-order valence-corrected chi connectivity index (χ0v) is 16.7. The number of halogens is 1. The van der Waals surface area contributed by atoms with Crippen molar-refractivity contribution in [1.82, 2.24) is 0 Å². The topological polar surface area (TPSA) is 63.9 Å². The summed E-state index contributed by atoms with van der Waals surface area (Å²) < 4.78 is 16.5. The summed E-state index contributed by atoms with van der Waals surface area (Å²) >= 11 is 6.04. The standard InChI is InChI=1S/C22H21ClN2O4/c1-27-17-5-6-19(25-9-11-28-12-10-25)18(14-17)24-22(26)21-8-7-20(29-21)15-3-2-4-16(23)13-15/h2-8,13-14H,9-12H2,1H3,(H,24,26). The first kappa shape index (κ1) is 19.4. The summed E-state index contributed by atoms with van der Waals surface area (Å²) in [6, 6.07) is 16.3. The fourth-order valence-corrected chi connectivity index (χ4v) is 3.45. The Balaban J connectivity index is 1.58. The minimum Gasteiger partial charge on any atom is -0.497 e. The molecule has 1 aliphatic heterocycles. The van der Waals surface area contributed by atoms with Gasteiger partial charge >= 0.3 is 0 Å². The third kappa shape index (κ3) is 4.39. The van der Waals surface area contributed by atoms with Crippen LogP contribution in [0.1, 0.15) is 10.6 Å². The first-order valence-corrected chi connectivity index (χ1v) is 9.70. The van der Waals surface area contributed by atoms with E-state index in [1.54, 1.807) is 31.4 Å². The number of anilines is 2. The molecule has 150 valence electrons. The molecule has 1 aromatic heterocycles. The van der Waals surface area contributed by atoms with Gasteiger partial charge in [-0.25, -0.2) is 0 Å².